The topological polar surface area (TPSA) is 92.1 Å². The van der Waals surface area contributed by atoms with Crippen LogP contribution in [-0.2, 0) is 10.5 Å². The van der Waals surface area contributed by atoms with Crippen LogP contribution in [0.4, 0.5) is 0 Å². The number of hydrogen-bond donors (Lipinski definition) is 2. The second-order valence-corrected chi connectivity index (χ2v) is 7.95. The van der Waals surface area contributed by atoms with Crippen molar-refractivity contribution < 1.29 is 4.79 Å². The largest absolute Gasteiger partial charge is 0.338 e. The highest BCUT2D eigenvalue weighted by Crippen LogP contribution is 2.21. The third-order valence-corrected chi connectivity index (χ3v) is 5.81. The number of amides is 1. The third-order valence-electron chi connectivity index (χ3n) is 4.84. The SMILES string of the molecule is CC(N)C1CCCCN1C(=O)CCSCc1nc2ccccc2c(=O)[nH]1.Cl. The Morgan fingerprint density at radius 3 is 2.96 bits per heavy atom. The molecule has 2 heterocycles. The van der Waals surface area contributed by atoms with Crippen molar-refractivity contribution in [3.8, 4) is 0 Å². The van der Waals surface area contributed by atoms with Gasteiger partial charge in [0.05, 0.1) is 16.7 Å². The first-order valence-corrected chi connectivity index (χ1v) is 10.3. The molecule has 0 bridgehead atoms. The van der Waals surface area contributed by atoms with Crippen molar-refractivity contribution in [3.63, 3.8) is 0 Å². The number of fused-ring (bicyclic) bond motifs is 1. The monoisotopic (exact) mass is 410 g/mol. The Morgan fingerprint density at radius 2 is 2.19 bits per heavy atom. The lowest BCUT2D eigenvalue weighted by Gasteiger charge is -2.38. The molecule has 0 aliphatic carbocycles. The maximum absolute atomic E-state index is 12.5. The standard InChI is InChI=1S/C19H26N4O2S.ClH/c1-13(20)16-8-4-5-10-23(16)18(24)9-11-26-12-17-21-15-7-3-2-6-14(15)19(25)22-17;/h2-3,6-7,13,16H,4-5,8-12,20H2,1H3,(H,21,22,25);1H. The molecule has 3 rings (SSSR count). The molecule has 1 aliphatic rings. The van der Waals surface area contributed by atoms with Gasteiger partial charge in [0.2, 0.25) is 5.91 Å². The number of nitrogens with zero attached hydrogens (tertiary/aromatic N) is 2. The number of aromatic nitrogens is 2. The molecular weight excluding hydrogens is 384 g/mol. The summed E-state index contributed by atoms with van der Waals surface area (Å²) < 4.78 is 0. The molecule has 2 aromatic rings. The molecule has 1 fully saturated rings. The number of nitrogens with one attached hydrogen (secondary N) is 1. The number of benzene rings is 1. The van der Waals surface area contributed by atoms with Gasteiger partial charge in [0.1, 0.15) is 5.82 Å². The molecule has 0 saturated carbocycles. The average molecular weight is 411 g/mol. The summed E-state index contributed by atoms with van der Waals surface area (Å²) in [6, 6.07) is 7.49. The summed E-state index contributed by atoms with van der Waals surface area (Å²) >= 11 is 1.61. The molecule has 1 aromatic heterocycles. The predicted molar refractivity (Wildman–Crippen MR) is 113 cm³/mol. The smallest absolute Gasteiger partial charge is 0.258 e. The molecule has 1 amide bonds. The van der Waals surface area contributed by atoms with E-state index in [1.165, 1.54) is 0 Å². The lowest BCUT2D eigenvalue weighted by molar-refractivity contribution is -0.134. The number of rotatable bonds is 6. The number of para-hydroxylation sites is 1. The highest BCUT2D eigenvalue weighted by atomic mass is 35.5. The van der Waals surface area contributed by atoms with E-state index in [1.807, 2.05) is 30.0 Å². The molecule has 0 radical (unpaired) electrons. The fourth-order valence-electron chi connectivity index (χ4n) is 3.49. The number of likely N-dealkylation sites (tertiary alicyclic amines) is 1. The number of thioether (sulfide) groups is 1. The normalized spacial score (nSPS) is 18.1. The third kappa shape index (κ3) is 5.46. The van der Waals surface area contributed by atoms with E-state index >= 15 is 0 Å². The van der Waals surface area contributed by atoms with Crippen LogP contribution in [-0.4, -0.2) is 45.2 Å². The molecule has 8 heteroatoms. The Bertz CT molecular complexity index is 827. The van der Waals surface area contributed by atoms with E-state index in [0.29, 0.717) is 34.7 Å². The van der Waals surface area contributed by atoms with E-state index in [1.54, 1.807) is 17.8 Å². The molecule has 2 atom stereocenters. The number of H-pyrrole nitrogens is 1. The number of hydrogen-bond acceptors (Lipinski definition) is 5. The van der Waals surface area contributed by atoms with Crippen LogP contribution in [0.3, 0.4) is 0 Å². The van der Waals surface area contributed by atoms with E-state index in [2.05, 4.69) is 9.97 Å². The fourth-order valence-corrected chi connectivity index (χ4v) is 4.28. The first-order valence-electron chi connectivity index (χ1n) is 9.17. The van der Waals surface area contributed by atoms with Gasteiger partial charge in [-0.25, -0.2) is 4.98 Å². The van der Waals surface area contributed by atoms with E-state index < -0.39 is 0 Å². The maximum Gasteiger partial charge on any atom is 0.258 e. The molecular formula is C19H27ClN4O2S. The van der Waals surface area contributed by atoms with E-state index in [0.717, 1.165) is 25.8 Å². The zero-order valence-electron chi connectivity index (χ0n) is 15.5. The molecule has 148 valence electrons. The average Bonchev–Trinajstić information content (AvgIpc) is 2.65. The first kappa shape index (κ1) is 21.7. The summed E-state index contributed by atoms with van der Waals surface area (Å²) in [5.74, 6) is 2.12. The predicted octanol–water partition coefficient (Wildman–Crippen LogP) is 2.70. The molecule has 6 nitrogen and oxygen atoms in total. The minimum atomic E-state index is -0.115. The molecule has 27 heavy (non-hydrogen) atoms. The van der Waals surface area contributed by atoms with Gasteiger partial charge in [0.15, 0.2) is 0 Å². The number of piperidine rings is 1. The summed E-state index contributed by atoms with van der Waals surface area (Å²) in [6.07, 6.45) is 3.70. The number of halogens is 1. The van der Waals surface area contributed by atoms with Crippen LogP contribution in [0.5, 0.6) is 0 Å². The van der Waals surface area contributed by atoms with Gasteiger partial charge < -0.3 is 15.6 Å². The van der Waals surface area contributed by atoms with Gasteiger partial charge in [0, 0.05) is 30.8 Å². The van der Waals surface area contributed by atoms with Crippen LogP contribution in [0, 0.1) is 0 Å². The van der Waals surface area contributed by atoms with Gasteiger partial charge in [-0.1, -0.05) is 12.1 Å². The van der Waals surface area contributed by atoms with Crippen molar-refractivity contribution in [3.05, 3.63) is 40.4 Å². The Hall–Kier alpha value is -1.57. The number of carbonyl (C=O) groups excluding carboxylic acids is 1. The van der Waals surface area contributed by atoms with Crippen molar-refractivity contribution in [2.75, 3.05) is 12.3 Å². The summed E-state index contributed by atoms with van der Waals surface area (Å²) in [4.78, 5) is 33.9. The molecule has 1 aliphatic heterocycles. The second-order valence-electron chi connectivity index (χ2n) is 6.84. The van der Waals surface area contributed by atoms with Crippen LogP contribution >= 0.6 is 24.2 Å². The summed E-state index contributed by atoms with van der Waals surface area (Å²) in [5.41, 5.74) is 6.63. The zero-order chi connectivity index (χ0) is 18.5. The van der Waals surface area contributed by atoms with E-state index in [-0.39, 0.29) is 36.0 Å². The van der Waals surface area contributed by atoms with Crippen molar-refractivity contribution in [2.24, 2.45) is 5.73 Å². The van der Waals surface area contributed by atoms with Crippen LogP contribution < -0.4 is 11.3 Å². The van der Waals surface area contributed by atoms with Gasteiger partial charge >= 0.3 is 0 Å². The minimum absolute atomic E-state index is 0. The van der Waals surface area contributed by atoms with E-state index in [9.17, 15) is 9.59 Å². The first-order chi connectivity index (χ1) is 12.6. The Labute approximate surface area is 169 Å². The fraction of sp³-hybridized carbons (Fsp3) is 0.526. The minimum Gasteiger partial charge on any atom is -0.338 e. The number of carbonyl (C=O) groups is 1. The Morgan fingerprint density at radius 1 is 1.41 bits per heavy atom. The Kier molecular flexibility index (Phi) is 8.13. The lowest BCUT2D eigenvalue weighted by atomic mass is 9.96. The summed E-state index contributed by atoms with van der Waals surface area (Å²) in [7, 11) is 0. The number of aromatic amines is 1. The van der Waals surface area contributed by atoms with E-state index in [4.69, 9.17) is 5.73 Å². The van der Waals surface area contributed by atoms with Crippen LogP contribution in [0.15, 0.2) is 29.1 Å². The second kappa shape index (κ2) is 10.1. The van der Waals surface area contributed by atoms with Gasteiger partial charge in [-0.05, 0) is 38.3 Å². The molecule has 3 N–H and O–H groups in total. The molecule has 1 aromatic carbocycles. The van der Waals surface area contributed by atoms with Crippen LogP contribution in [0.25, 0.3) is 10.9 Å². The lowest BCUT2D eigenvalue weighted by Crippen LogP contribution is -2.51. The van der Waals surface area contributed by atoms with Gasteiger partial charge in [0.25, 0.3) is 5.56 Å². The molecule has 0 spiro atoms. The van der Waals surface area contributed by atoms with Crippen LogP contribution in [0.2, 0.25) is 0 Å². The molecule has 2 unspecified atom stereocenters. The maximum atomic E-state index is 12.5. The van der Waals surface area contributed by atoms with Gasteiger partial charge in [-0.15, -0.1) is 12.4 Å². The highest BCUT2D eigenvalue weighted by Gasteiger charge is 2.28. The zero-order valence-corrected chi connectivity index (χ0v) is 17.2. The van der Waals surface area contributed by atoms with Crippen LogP contribution in [0.1, 0.15) is 38.4 Å². The highest BCUT2D eigenvalue weighted by molar-refractivity contribution is 7.98. The van der Waals surface area contributed by atoms with Crippen molar-refractivity contribution >= 4 is 41.0 Å². The van der Waals surface area contributed by atoms with Gasteiger partial charge in [-0.2, -0.15) is 11.8 Å². The van der Waals surface area contributed by atoms with Gasteiger partial charge in [-0.3, -0.25) is 9.59 Å². The quantitative estimate of drug-likeness (QED) is 0.714. The summed E-state index contributed by atoms with van der Waals surface area (Å²) in [6.45, 7) is 2.79. The number of nitrogens with two attached hydrogens (primary N) is 1. The summed E-state index contributed by atoms with van der Waals surface area (Å²) in [5, 5.41) is 0.600. The van der Waals surface area contributed by atoms with Crippen molar-refractivity contribution in [2.45, 2.75) is 50.4 Å². The Balaban J connectivity index is 0.00000261. The van der Waals surface area contributed by atoms with Crippen molar-refractivity contribution in [1.29, 1.82) is 0 Å². The molecule has 1 saturated heterocycles. The van der Waals surface area contributed by atoms with Crippen molar-refractivity contribution in [1.82, 2.24) is 14.9 Å².